The number of amides is 1. The second kappa shape index (κ2) is 6.76. The van der Waals surface area contributed by atoms with Crippen molar-refractivity contribution < 1.29 is 9.18 Å². The molecule has 0 spiro atoms. The van der Waals surface area contributed by atoms with Crippen LogP contribution in [0.3, 0.4) is 0 Å². The summed E-state index contributed by atoms with van der Waals surface area (Å²) in [5.74, 6) is -0.471. The van der Waals surface area contributed by atoms with Gasteiger partial charge >= 0.3 is 0 Å². The van der Waals surface area contributed by atoms with E-state index >= 15 is 0 Å². The second-order valence-corrected chi connectivity index (χ2v) is 6.51. The Labute approximate surface area is 146 Å². The number of anilines is 1. The third-order valence-corrected chi connectivity index (χ3v) is 4.74. The third-order valence-electron chi connectivity index (χ3n) is 4.74. The first-order valence-electron chi connectivity index (χ1n) is 8.70. The van der Waals surface area contributed by atoms with Crippen LogP contribution in [0.25, 0.3) is 0 Å². The Morgan fingerprint density at radius 1 is 1.00 bits per heavy atom. The maximum absolute atomic E-state index is 13.4. The first kappa shape index (κ1) is 16.0. The van der Waals surface area contributed by atoms with Gasteiger partial charge in [-0.1, -0.05) is 30.7 Å². The maximum Gasteiger partial charge on any atom is 0.278 e. The van der Waals surface area contributed by atoms with Gasteiger partial charge < -0.3 is 0 Å². The summed E-state index contributed by atoms with van der Waals surface area (Å²) in [5, 5.41) is 0. The van der Waals surface area contributed by atoms with Crippen LogP contribution in [-0.2, 0) is 4.79 Å². The van der Waals surface area contributed by atoms with Gasteiger partial charge in [0.25, 0.3) is 5.91 Å². The Hall–Kier alpha value is -2.53. The summed E-state index contributed by atoms with van der Waals surface area (Å²) in [6.45, 7) is 2.61. The second-order valence-electron chi connectivity index (χ2n) is 6.51. The highest BCUT2D eigenvalue weighted by atomic mass is 19.1. The summed E-state index contributed by atoms with van der Waals surface area (Å²) in [6.07, 6.45) is 3.61. The largest absolute Gasteiger partial charge is 0.293 e. The maximum atomic E-state index is 13.4. The topological polar surface area (TPSA) is 35.9 Å². The van der Waals surface area contributed by atoms with Crippen molar-refractivity contribution >= 4 is 23.0 Å². The average Bonchev–Trinajstić information content (AvgIpc) is 2.89. The quantitative estimate of drug-likeness (QED) is 0.855. The molecule has 0 saturated carbocycles. The highest BCUT2D eigenvalue weighted by Crippen LogP contribution is 2.31. The molecule has 0 unspecified atom stereocenters. The molecule has 2 aliphatic heterocycles. The van der Waals surface area contributed by atoms with Crippen molar-refractivity contribution in [2.75, 3.05) is 24.7 Å². The zero-order valence-corrected chi connectivity index (χ0v) is 14.0. The Morgan fingerprint density at radius 2 is 1.80 bits per heavy atom. The van der Waals surface area contributed by atoms with Gasteiger partial charge in [-0.3, -0.25) is 14.6 Å². The third kappa shape index (κ3) is 3.20. The lowest BCUT2D eigenvalue weighted by Crippen LogP contribution is -2.43. The number of rotatable bonds is 3. The lowest BCUT2D eigenvalue weighted by molar-refractivity contribution is -0.112. The molecule has 0 atom stereocenters. The fourth-order valence-electron chi connectivity index (χ4n) is 3.49. The number of hydrogen-bond acceptors (Lipinski definition) is 3. The molecular weight excluding hydrogens is 317 g/mol. The number of halogens is 1. The first-order valence-corrected chi connectivity index (χ1v) is 8.70. The summed E-state index contributed by atoms with van der Waals surface area (Å²) in [7, 11) is 0. The molecule has 2 aromatic rings. The molecule has 5 heteroatoms. The minimum Gasteiger partial charge on any atom is -0.293 e. The highest BCUT2D eigenvalue weighted by molar-refractivity contribution is 6.54. The van der Waals surface area contributed by atoms with Gasteiger partial charge in [0.1, 0.15) is 11.5 Å². The number of carbonyl (C=O) groups excluding carboxylic acids is 1. The molecule has 0 bridgehead atoms. The lowest BCUT2D eigenvalue weighted by Gasteiger charge is -2.30. The van der Waals surface area contributed by atoms with Crippen LogP contribution < -0.4 is 4.90 Å². The number of benzene rings is 2. The molecule has 128 valence electrons. The molecule has 1 saturated heterocycles. The fraction of sp³-hybridized carbons (Fsp3) is 0.300. The molecule has 4 rings (SSSR count). The van der Waals surface area contributed by atoms with E-state index in [-0.39, 0.29) is 11.7 Å². The van der Waals surface area contributed by atoms with Gasteiger partial charge in [0, 0.05) is 5.56 Å². The minimum atomic E-state index is -0.356. The van der Waals surface area contributed by atoms with Crippen molar-refractivity contribution in [1.29, 1.82) is 0 Å². The van der Waals surface area contributed by atoms with Crippen LogP contribution in [-0.4, -0.2) is 36.3 Å². The lowest BCUT2D eigenvalue weighted by atomic mass is 10.1. The van der Waals surface area contributed by atoms with E-state index < -0.39 is 0 Å². The van der Waals surface area contributed by atoms with Gasteiger partial charge in [0.15, 0.2) is 0 Å². The summed E-state index contributed by atoms with van der Waals surface area (Å²) >= 11 is 0. The predicted molar refractivity (Wildman–Crippen MR) is 96.8 cm³/mol. The monoisotopic (exact) mass is 337 g/mol. The van der Waals surface area contributed by atoms with Crippen molar-refractivity contribution in [3.8, 4) is 0 Å². The minimum absolute atomic E-state index is 0.115. The molecule has 25 heavy (non-hydrogen) atoms. The Kier molecular flexibility index (Phi) is 4.32. The van der Waals surface area contributed by atoms with Gasteiger partial charge in [-0.05, 0) is 50.2 Å². The van der Waals surface area contributed by atoms with Crippen LogP contribution in [0.2, 0.25) is 0 Å². The predicted octanol–water partition coefficient (Wildman–Crippen LogP) is 3.74. The van der Waals surface area contributed by atoms with Crippen LogP contribution >= 0.6 is 0 Å². The SMILES string of the molecule is O=C1C(=Nc2cccc(F)c2)c2ccccc2N1CN1CCCCC1. The fourth-order valence-corrected chi connectivity index (χ4v) is 3.49. The number of piperidine rings is 1. The standard InChI is InChI=1S/C20H20FN3O/c21-15-7-6-8-16(13-15)22-19-17-9-2-3-10-18(17)24(20(19)25)14-23-11-4-1-5-12-23/h2-3,6-10,13H,1,4-5,11-12,14H2. The summed E-state index contributed by atoms with van der Waals surface area (Å²) in [4.78, 5) is 21.6. The van der Waals surface area contributed by atoms with E-state index in [1.165, 1.54) is 31.4 Å². The van der Waals surface area contributed by atoms with Crippen molar-refractivity contribution in [3.05, 3.63) is 59.9 Å². The molecule has 1 fully saturated rings. The van der Waals surface area contributed by atoms with E-state index in [0.717, 1.165) is 24.3 Å². The van der Waals surface area contributed by atoms with Crippen LogP contribution in [0.4, 0.5) is 15.8 Å². The van der Waals surface area contributed by atoms with Gasteiger partial charge in [-0.15, -0.1) is 0 Å². The average molecular weight is 337 g/mol. The first-order chi connectivity index (χ1) is 12.2. The van der Waals surface area contributed by atoms with E-state index in [4.69, 9.17) is 0 Å². The Balaban J connectivity index is 1.68. The molecule has 0 radical (unpaired) electrons. The van der Waals surface area contributed by atoms with Crippen molar-refractivity contribution in [2.45, 2.75) is 19.3 Å². The van der Waals surface area contributed by atoms with E-state index in [9.17, 15) is 9.18 Å². The van der Waals surface area contributed by atoms with Crippen LogP contribution in [0.15, 0.2) is 53.5 Å². The molecular formula is C20H20FN3O. The van der Waals surface area contributed by atoms with Crippen molar-refractivity contribution in [2.24, 2.45) is 4.99 Å². The molecule has 2 heterocycles. The number of fused-ring (bicyclic) bond motifs is 1. The molecule has 0 aromatic heterocycles. The van der Waals surface area contributed by atoms with E-state index in [1.807, 2.05) is 24.3 Å². The molecule has 0 N–H and O–H groups in total. The number of hydrogen-bond donors (Lipinski definition) is 0. The summed E-state index contributed by atoms with van der Waals surface area (Å²) in [6, 6.07) is 13.7. The molecule has 1 amide bonds. The summed E-state index contributed by atoms with van der Waals surface area (Å²) in [5.41, 5.74) is 2.54. The number of likely N-dealkylation sites (tertiary alicyclic amines) is 1. The van der Waals surface area contributed by atoms with Gasteiger partial charge in [-0.25, -0.2) is 9.38 Å². The van der Waals surface area contributed by atoms with E-state index in [1.54, 1.807) is 17.0 Å². The van der Waals surface area contributed by atoms with Crippen LogP contribution in [0.5, 0.6) is 0 Å². The van der Waals surface area contributed by atoms with Crippen molar-refractivity contribution in [3.63, 3.8) is 0 Å². The smallest absolute Gasteiger partial charge is 0.278 e. The number of nitrogens with zero attached hydrogens (tertiary/aromatic N) is 3. The summed E-state index contributed by atoms with van der Waals surface area (Å²) < 4.78 is 13.4. The number of para-hydroxylation sites is 1. The van der Waals surface area contributed by atoms with Gasteiger partial charge in [0.05, 0.1) is 18.0 Å². The van der Waals surface area contributed by atoms with Gasteiger partial charge in [0.2, 0.25) is 0 Å². The highest BCUT2D eigenvalue weighted by Gasteiger charge is 2.34. The van der Waals surface area contributed by atoms with Crippen molar-refractivity contribution in [1.82, 2.24) is 4.90 Å². The molecule has 4 nitrogen and oxygen atoms in total. The van der Waals surface area contributed by atoms with Crippen LogP contribution in [0.1, 0.15) is 24.8 Å². The van der Waals surface area contributed by atoms with Crippen LogP contribution in [0, 0.1) is 5.82 Å². The van der Waals surface area contributed by atoms with Gasteiger partial charge in [-0.2, -0.15) is 0 Å². The Morgan fingerprint density at radius 3 is 2.60 bits per heavy atom. The normalized spacial score (nSPS) is 19.5. The molecule has 2 aromatic carbocycles. The molecule has 2 aliphatic rings. The molecule has 0 aliphatic carbocycles. The number of aliphatic imine (C=N–C) groups is 1. The zero-order chi connectivity index (χ0) is 17.2. The zero-order valence-electron chi connectivity index (χ0n) is 14.0. The van der Waals surface area contributed by atoms with E-state index in [0.29, 0.717) is 18.1 Å². The van der Waals surface area contributed by atoms with E-state index in [2.05, 4.69) is 9.89 Å². The number of carbonyl (C=O) groups is 1. The Bertz CT molecular complexity index is 827.